The maximum Gasteiger partial charge on any atom is 0.185 e. The molecular formula is C9H13ClN2S. The summed E-state index contributed by atoms with van der Waals surface area (Å²) >= 11 is 7.31. The summed E-state index contributed by atoms with van der Waals surface area (Å²) in [7, 11) is 0. The third kappa shape index (κ3) is 1.67. The second-order valence-electron chi connectivity index (χ2n) is 3.66. The Bertz CT molecular complexity index is 300. The van der Waals surface area contributed by atoms with E-state index < -0.39 is 0 Å². The van der Waals surface area contributed by atoms with Crippen LogP contribution < -0.4 is 4.90 Å². The fourth-order valence-electron chi connectivity index (χ4n) is 1.79. The normalized spacial score (nSPS) is 28.4. The molecule has 2 unspecified atom stereocenters. The van der Waals surface area contributed by atoms with Gasteiger partial charge in [-0.25, -0.2) is 4.98 Å². The molecule has 2 heterocycles. The van der Waals surface area contributed by atoms with Gasteiger partial charge in [-0.1, -0.05) is 18.5 Å². The Morgan fingerprint density at radius 2 is 2.38 bits per heavy atom. The zero-order valence-corrected chi connectivity index (χ0v) is 9.40. The SMILES string of the molecule is CC1CCN(c2csc(Cl)n2)C1C. The van der Waals surface area contributed by atoms with Gasteiger partial charge in [0.25, 0.3) is 0 Å². The molecule has 1 aromatic heterocycles. The highest BCUT2D eigenvalue weighted by Crippen LogP contribution is 2.31. The van der Waals surface area contributed by atoms with Crippen molar-refractivity contribution in [2.45, 2.75) is 26.3 Å². The molecule has 0 aliphatic carbocycles. The van der Waals surface area contributed by atoms with Gasteiger partial charge in [0.15, 0.2) is 4.47 Å². The molecular weight excluding hydrogens is 204 g/mol. The molecule has 0 N–H and O–H groups in total. The average Bonchev–Trinajstić information content (AvgIpc) is 2.62. The monoisotopic (exact) mass is 216 g/mol. The van der Waals surface area contributed by atoms with Gasteiger partial charge in [-0.2, -0.15) is 0 Å². The summed E-state index contributed by atoms with van der Waals surface area (Å²) in [4.78, 5) is 6.63. The lowest BCUT2D eigenvalue weighted by Gasteiger charge is -2.22. The molecule has 1 aromatic rings. The van der Waals surface area contributed by atoms with Crippen molar-refractivity contribution < 1.29 is 0 Å². The van der Waals surface area contributed by atoms with E-state index in [1.807, 2.05) is 5.38 Å². The Balaban J connectivity index is 2.18. The summed E-state index contributed by atoms with van der Waals surface area (Å²) in [6.07, 6.45) is 1.26. The minimum atomic E-state index is 0.596. The molecule has 13 heavy (non-hydrogen) atoms. The fourth-order valence-corrected chi connectivity index (χ4v) is 2.55. The van der Waals surface area contributed by atoms with Crippen LogP contribution in [0.3, 0.4) is 0 Å². The lowest BCUT2D eigenvalue weighted by Crippen LogP contribution is -2.29. The average molecular weight is 217 g/mol. The number of anilines is 1. The summed E-state index contributed by atoms with van der Waals surface area (Å²) in [5, 5.41) is 2.04. The Kier molecular flexibility index (Phi) is 2.47. The molecule has 0 spiro atoms. The highest BCUT2D eigenvalue weighted by atomic mass is 35.5. The van der Waals surface area contributed by atoms with Crippen LogP contribution in [0, 0.1) is 5.92 Å². The van der Waals surface area contributed by atoms with Crippen LogP contribution in [0.2, 0.25) is 4.47 Å². The molecule has 72 valence electrons. The number of thiazole rings is 1. The van der Waals surface area contributed by atoms with Crippen molar-refractivity contribution in [1.29, 1.82) is 0 Å². The molecule has 0 bridgehead atoms. The first kappa shape index (κ1) is 9.28. The first-order valence-electron chi connectivity index (χ1n) is 4.56. The van der Waals surface area contributed by atoms with E-state index in [2.05, 4.69) is 23.7 Å². The zero-order chi connectivity index (χ0) is 9.42. The molecule has 0 amide bonds. The Hall–Kier alpha value is -0.280. The van der Waals surface area contributed by atoms with Crippen molar-refractivity contribution in [2.75, 3.05) is 11.4 Å². The standard InChI is InChI=1S/C9H13ClN2S/c1-6-3-4-12(7(6)2)8-5-13-9(10)11-8/h5-7H,3-4H2,1-2H3. The molecule has 1 fully saturated rings. The smallest absolute Gasteiger partial charge is 0.185 e. The van der Waals surface area contributed by atoms with Crippen LogP contribution in [0.15, 0.2) is 5.38 Å². The third-order valence-corrected chi connectivity index (χ3v) is 3.87. The zero-order valence-electron chi connectivity index (χ0n) is 7.83. The Morgan fingerprint density at radius 3 is 2.85 bits per heavy atom. The molecule has 1 aliphatic rings. The van der Waals surface area contributed by atoms with E-state index >= 15 is 0 Å². The highest BCUT2D eigenvalue weighted by molar-refractivity contribution is 7.14. The van der Waals surface area contributed by atoms with E-state index in [9.17, 15) is 0 Å². The van der Waals surface area contributed by atoms with E-state index in [1.54, 1.807) is 0 Å². The number of rotatable bonds is 1. The Labute approximate surface area is 87.5 Å². The second kappa shape index (κ2) is 3.46. The molecule has 0 radical (unpaired) electrons. The van der Waals surface area contributed by atoms with Crippen LogP contribution >= 0.6 is 22.9 Å². The van der Waals surface area contributed by atoms with Crippen LogP contribution in [0.1, 0.15) is 20.3 Å². The number of aromatic nitrogens is 1. The van der Waals surface area contributed by atoms with Crippen molar-refractivity contribution >= 4 is 28.8 Å². The van der Waals surface area contributed by atoms with Crippen LogP contribution in [-0.4, -0.2) is 17.6 Å². The fraction of sp³-hybridized carbons (Fsp3) is 0.667. The van der Waals surface area contributed by atoms with Gasteiger partial charge in [0.1, 0.15) is 5.82 Å². The molecule has 2 atom stereocenters. The lowest BCUT2D eigenvalue weighted by molar-refractivity contribution is 0.545. The van der Waals surface area contributed by atoms with Gasteiger partial charge in [0.2, 0.25) is 0 Å². The quantitative estimate of drug-likeness (QED) is 0.718. The third-order valence-electron chi connectivity index (χ3n) is 2.90. The molecule has 0 aromatic carbocycles. The first-order valence-corrected chi connectivity index (χ1v) is 5.82. The predicted octanol–water partition coefficient (Wildman–Crippen LogP) is 3.03. The van der Waals surface area contributed by atoms with E-state index in [0.717, 1.165) is 18.3 Å². The van der Waals surface area contributed by atoms with Crippen LogP contribution in [0.4, 0.5) is 5.82 Å². The largest absolute Gasteiger partial charge is 0.353 e. The molecule has 0 saturated carbocycles. The van der Waals surface area contributed by atoms with Gasteiger partial charge in [-0.3, -0.25) is 0 Å². The van der Waals surface area contributed by atoms with Crippen LogP contribution in [-0.2, 0) is 0 Å². The minimum Gasteiger partial charge on any atom is -0.353 e. The van der Waals surface area contributed by atoms with E-state index in [-0.39, 0.29) is 0 Å². The summed E-state index contributed by atoms with van der Waals surface area (Å²) in [6.45, 7) is 5.66. The summed E-state index contributed by atoms with van der Waals surface area (Å²) in [5.41, 5.74) is 0. The molecule has 2 rings (SSSR count). The molecule has 1 aliphatic heterocycles. The molecule has 4 heteroatoms. The van der Waals surface area contributed by atoms with Crippen molar-refractivity contribution in [1.82, 2.24) is 4.98 Å². The number of hydrogen-bond acceptors (Lipinski definition) is 3. The van der Waals surface area contributed by atoms with Gasteiger partial charge >= 0.3 is 0 Å². The van der Waals surface area contributed by atoms with Gasteiger partial charge < -0.3 is 4.90 Å². The molecule has 2 nitrogen and oxygen atoms in total. The van der Waals surface area contributed by atoms with E-state index in [4.69, 9.17) is 11.6 Å². The molecule has 1 saturated heterocycles. The van der Waals surface area contributed by atoms with Gasteiger partial charge in [0, 0.05) is 18.0 Å². The highest BCUT2D eigenvalue weighted by Gasteiger charge is 2.28. The van der Waals surface area contributed by atoms with E-state index in [0.29, 0.717) is 10.5 Å². The maximum absolute atomic E-state index is 5.80. The Morgan fingerprint density at radius 1 is 1.62 bits per heavy atom. The maximum atomic E-state index is 5.80. The van der Waals surface area contributed by atoms with Gasteiger partial charge in [0.05, 0.1) is 0 Å². The van der Waals surface area contributed by atoms with E-state index in [1.165, 1.54) is 17.8 Å². The van der Waals surface area contributed by atoms with Crippen molar-refractivity contribution in [3.63, 3.8) is 0 Å². The number of halogens is 1. The van der Waals surface area contributed by atoms with Crippen LogP contribution in [0.25, 0.3) is 0 Å². The van der Waals surface area contributed by atoms with Gasteiger partial charge in [-0.15, -0.1) is 11.3 Å². The number of nitrogens with zero attached hydrogens (tertiary/aromatic N) is 2. The lowest BCUT2D eigenvalue weighted by atomic mass is 10.1. The topological polar surface area (TPSA) is 16.1 Å². The second-order valence-corrected chi connectivity index (χ2v) is 5.10. The van der Waals surface area contributed by atoms with Crippen molar-refractivity contribution in [3.05, 3.63) is 9.85 Å². The first-order chi connectivity index (χ1) is 6.18. The summed E-state index contributed by atoms with van der Waals surface area (Å²) in [6, 6.07) is 0.596. The number of hydrogen-bond donors (Lipinski definition) is 0. The predicted molar refractivity (Wildman–Crippen MR) is 57.7 cm³/mol. The van der Waals surface area contributed by atoms with Crippen molar-refractivity contribution in [3.8, 4) is 0 Å². The summed E-state index contributed by atoms with van der Waals surface area (Å²) < 4.78 is 0.641. The van der Waals surface area contributed by atoms with Gasteiger partial charge in [-0.05, 0) is 19.3 Å². The van der Waals surface area contributed by atoms with Crippen LogP contribution in [0.5, 0.6) is 0 Å². The summed E-state index contributed by atoms with van der Waals surface area (Å²) in [5.74, 6) is 1.81. The van der Waals surface area contributed by atoms with Crippen molar-refractivity contribution in [2.24, 2.45) is 5.92 Å². The minimum absolute atomic E-state index is 0.596.